The number of amides is 1. The minimum atomic E-state index is -4.29. The van der Waals surface area contributed by atoms with Crippen LogP contribution in [-0.4, -0.2) is 40.2 Å². The summed E-state index contributed by atoms with van der Waals surface area (Å²) < 4.78 is 35.2. The fourth-order valence-electron chi connectivity index (χ4n) is 4.31. The Morgan fingerprint density at radius 1 is 1.03 bits per heavy atom. The summed E-state index contributed by atoms with van der Waals surface area (Å²) in [5.41, 5.74) is 1.76. The van der Waals surface area contributed by atoms with Crippen LogP contribution in [0.2, 0.25) is 10.0 Å². The van der Waals surface area contributed by atoms with Crippen LogP contribution in [-0.2, 0) is 21.2 Å². The third-order valence-corrected chi connectivity index (χ3v) is 8.78. The largest absolute Gasteiger partial charge is 0.456 e. The van der Waals surface area contributed by atoms with Gasteiger partial charge in [-0.1, -0.05) is 47.5 Å². The molecule has 0 saturated heterocycles. The molecule has 0 saturated carbocycles. The molecule has 1 aliphatic heterocycles. The molecule has 5 rings (SSSR count). The highest BCUT2D eigenvalue weighted by Crippen LogP contribution is 2.36. The van der Waals surface area contributed by atoms with Gasteiger partial charge in [-0.05, 0) is 48.5 Å². The van der Waals surface area contributed by atoms with Gasteiger partial charge in [-0.2, -0.15) is 4.31 Å². The summed E-state index contributed by atoms with van der Waals surface area (Å²) >= 11 is 12.2. The molecular formula is C25H20Cl2N4O6S. The van der Waals surface area contributed by atoms with Crippen molar-refractivity contribution in [3.63, 3.8) is 0 Å². The van der Waals surface area contributed by atoms with Crippen LogP contribution >= 0.6 is 23.2 Å². The molecule has 38 heavy (non-hydrogen) atoms. The van der Waals surface area contributed by atoms with Crippen molar-refractivity contribution in [1.82, 2.24) is 19.6 Å². The number of benzene rings is 3. The van der Waals surface area contributed by atoms with Crippen molar-refractivity contribution in [2.24, 2.45) is 0 Å². The topological polar surface area (TPSA) is 134 Å². The second-order valence-electron chi connectivity index (χ2n) is 8.35. The lowest BCUT2D eigenvalue weighted by atomic mass is 10.0. The van der Waals surface area contributed by atoms with Crippen molar-refractivity contribution < 1.29 is 23.2 Å². The Bertz CT molecular complexity index is 1670. The molecule has 3 aromatic carbocycles. The summed E-state index contributed by atoms with van der Waals surface area (Å²) in [7, 11) is -4.29. The van der Waals surface area contributed by atoms with E-state index in [-0.39, 0.29) is 28.4 Å². The number of carbonyl (C=O) groups is 1. The maximum Gasteiger partial charge on any atom is 0.276 e. The molecule has 1 amide bonds. The van der Waals surface area contributed by atoms with Gasteiger partial charge in [0.15, 0.2) is 0 Å². The van der Waals surface area contributed by atoms with Crippen molar-refractivity contribution in [3.8, 4) is 17.2 Å². The van der Waals surface area contributed by atoms with Gasteiger partial charge >= 0.3 is 0 Å². The van der Waals surface area contributed by atoms with Gasteiger partial charge in [-0.3, -0.25) is 19.9 Å². The number of nitrogens with zero attached hydrogens (tertiary/aromatic N) is 2. The molecule has 0 bridgehead atoms. The van der Waals surface area contributed by atoms with E-state index in [1.807, 2.05) is 0 Å². The molecule has 1 atom stereocenters. The number of fused-ring (bicyclic) bond motifs is 1. The zero-order chi connectivity index (χ0) is 27.0. The maximum atomic E-state index is 13.7. The average molecular weight is 575 g/mol. The fraction of sp³-hybridized carbons (Fsp3) is 0.120. The molecular weight excluding hydrogens is 555 g/mol. The Morgan fingerprint density at radius 3 is 2.42 bits per heavy atom. The summed E-state index contributed by atoms with van der Waals surface area (Å²) in [4.78, 5) is 26.0. The van der Waals surface area contributed by atoms with Crippen LogP contribution in [0.15, 0.2) is 82.5 Å². The normalized spacial score (nSPS) is 15.6. The van der Waals surface area contributed by atoms with E-state index in [0.717, 1.165) is 4.31 Å². The second-order valence-corrected chi connectivity index (χ2v) is 11.0. The molecule has 0 fully saturated rings. The lowest BCUT2D eigenvalue weighted by molar-refractivity contribution is -0.133. The Balaban J connectivity index is 1.49. The van der Waals surface area contributed by atoms with E-state index in [9.17, 15) is 23.2 Å². The number of halogens is 2. The lowest BCUT2D eigenvalue weighted by Gasteiger charge is -2.32. The van der Waals surface area contributed by atoms with Crippen molar-refractivity contribution in [1.29, 1.82) is 0 Å². The Morgan fingerprint density at radius 2 is 1.74 bits per heavy atom. The van der Waals surface area contributed by atoms with E-state index in [1.165, 1.54) is 34.4 Å². The molecule has 0 spiro atoms. The number of para-hydroxylation sites is 1. The van der Waals surface area contributed by atoms with Crippen LogP contribution in [0.3, 0.4) is 0 Å². The van der Waals surface area contributed by atoms with Crippen LogP contribution in [0.25, 0.3) is 5.69 Å². The van der Waals surface area contributed by atoms with E-state index >= 15 is 0 Å². The van der Waals surface area contributed by atoms with Gasteiger partial charge in [0, 0.05) is 18.7 Å². The zero-order valence-electron chi connectivity index (χ0n) is 19.5. The van der Waals surface area contributed by atoms with Gasteiger partial charge in [0.2, 0.25) is 10.0 Å². The minimum Gasteiger partial charge on any atom is -0.456 e. The maximum absolute atomic E-state index is 13.7. The first kappa shape index (κ1) is 26.0. The molecule has 1 aromatic heterocycles. The summed E-state index contributed by atoms with van der Waals surface area (Å²) in [5.74, 6) is -0.461. The summed E-state index contributed by atoms with van der Waals surface area (Å²) in [6, 6.07) is 17.4. The molecule has 4 aromatic rings. The minimum absolute atomic E-state index is 0.0641. The number of rotatable bonds is 6. The number of hydrogen-bond acceptors (Lipinski definition) is 6. The van der Waals surface area contributed by atoms with E-state index in [2.05, 4.69) is 5.10 Å². The number of H-pyrrole nitrogens is 1. The van der Waals surface area contributed by atoms with Crippen molar-refractivity contribution in [2.75, 3.05) is 6.54 Å². The number of aromatic nitrogens is 2. The predicted molar refractivity (Wildman–Crippen MR) is 140 cm³/mol. The number of carbonyl (C=O) groups excluding carboxylic acids is 1. The number of hydroxylamine groups is 1. The van der Waals surface area contributed by atoms with Crippen LogP contribution < -0.4 is 15.8 Å². The molecule has 0 radical (unpaired) electrons. The Kier molecular flexibility index (Phi) is 7.03. The third-order valence-electron chi connectivity index (χ3n) is 6.10. The zero-order valence-corrected chi connectivity index (χ0v) is 21.8. The Hall–Kier alpha value is -3.61. The molecule has 10 nitrogen and oxygen atoms in total. The van der Waals surface area contributed by atoms with E-state index < -0.39 is 27.5 Å². The van der Waals surface area contributed by atoms with Gasteiger partial charge in [-0.25, -0.2) is 18.6 Å². The van der Waals surface area contributed by atoms with E-state index in [4.69, 9.17) is 27.9 Å². The quantitative estimate of drug-likeness (QED) is 0.235. The predicted octanol–water partition coefficient (Wildman–Crippen LogP) is 4.06. The molecule has 3 N–H and O–H groups in total. The first-order chi connectivity index (χ1) is 18.2. The van der Waals surface area contributed by atoms with Crippen LogP contribution in [0.1, 0.15) is 17.3 Å². The average Bonchev–Trinajstić information content (AvgIpc) is 3.27. The molecule has 0 aliphatic carbocycles. The van der Waals surface area contributed by atoms with Gasteiger partial charge in [0.1, 0.15) is 22.6 Å². The smallest absolute Gasteiger partial charge is 0.276 e. The summed E-state index contributed by atoms with van der Waals surface area (Å²) in [6.45, 7) is -0.113. The molecule has 13 heteroatoms. The second kappa shape index (κ2) is 10.3. The third kappa shape index (κ3) is 4.59. The molecule has 1 unspecified atom stereocenters. The Labute approximate surface area is 227 Å². The van der Waals surface area contributed by atoms with Gasteiger partial charge in [0.05, 0.1) is 21.2 Å². The van der Waals surface area contributed by atoms with Crippen LogP contribution in [0.4, 0.5) is 0 Å². The van der Waals surface area contributed by atoms with Crippen molar-refractivity contribution >= 4 is 39.1 Å². The first-order valence-electron chi connectivity index (χ1n) is 11.3. The number of hydrogen-bond donors (Lipinski definition) is 3. The first-order valence-corrected chi connectivity index (χ1v) is 13.5. The SMILES string of the molecule is O=C(NO)C1c2c([nH]n(-c3ccccc3)c2=O)CCN1S(=O)(=O)c1ccc(Oc2cccc(Cl)c2Cl)cc1. The van der Waals surface area contributed by atoms with E-state index in [0.29, 0.717) is 27.9 Å². The monoisotopic (exact) mass is 574 g/mol. The summed E-state index contributed by atoms with van der Waals surface area (Å²) in [5, 5.41) is 12.9. The highest BCUT2D eigenvalue weighted by Gasteiger charge is 2.43. The van der Waals surface area contributed by atoms with Gasteiger partial charge in [-0.15, -0.1) is 0 Å². The molecule has 2 heterocycles. The van der Waals surface area contributed by atoms with Crippen molar-refractivity contribution in [2.45, 2.75) is 17.4 Å². The number of sulfonamides is 1. The number of ether oxygens (including phenoxy) is 1. The molecule has 1 aliphatic rings. The van der Waals surface area contributed by atoms with Crippen molar-refractivity contribution in [3.05, 3.63) is 104 Å². The highest BCUT2D eigenvalue weighted by atomic mass is 35.5. The summed E-state index contributed by atoms with van der Waals surface area (Å²) in [6.07, 6.45) is 0.146. The van der Waals surface area contributed by atoms with Gasteiger partial charge < -0.3 is 4.74 Å². The number of aromatic amines is 1. The van der Waals surface area contributed by atoms with Crippen LogP contribution in [0.5, 0.6) is 11.5 Å². The number of nitrogens with one attached hydrogen (secondary N) is 2. The van der Waals surface area contributed by atoms with Gasteiger partial charge in [0.25, 0.3) is 11.5 Å². The van der Waals surface area contributed by atoms with E-state index in [1.54, 1.807) is 48.5 Å². The highest BCUT2D eigenvalue weighted by molar-refractivity contribution is 7.89. The standard InChI is InChI=1S/C25H20Cl2N4O6S/c26-18-7-4-8-20(22(18)27)37-16-9-11-17(12-10-16)38(35,36)30-14-13-19-21(23(30)24(32)29-34)25(33)31(28-19)15-5-2-1-3-6-15/h1-12,23,28,34H,13-14H2,(H,29,32). The van der Waals surface area contributed by atoms with Crippen LogP contribution in [0, 0.1) is 0 Å². The lowest BCUT2D eigenvalue weighted by Crippen LogP contribution is -2.48. The molecule has 196 valence electrons. The fourth-order valence-corrected chi connectivity index (χ4v) is 6.20.